The van der Waals surface area contributed by atoms with Gasteiger partial charge in [-0.3, -0.25) is 9.97 Å². The number of fused-ring (bicyclic) bond motifs is 1. The van der Waals surface area contributed by atoms with Crippen LogP contribution in [0.4, 0.5) is 5.69 Å². The van der Waals surface area contributed by atoms with Crippen LogP contribution in [0, 0.1) is 6.92 Å². The highest BCUT2D eigenvalue weighted by molar-refractivity contribution is 5.93. The molecule has 1 aromatic carbocycles. The zero-order valence-electron chi connectivity index (χ0n) is 13.9. The van der Waals surface area contributed by atoms with E-state index in [1.165, 1.54) is 22.2 Å². The maximum atomic E-state index is 6.09. The molecule has 0 radical (unpaired) electrons. The van der Waals surface area contributed by atoms with E-state index >= 15 is 0 Å². The molecule has 1 aliphatic heterocycles. The summed E-state index contributed by atoms with van der Waals surface area (Å²) < 4.78 is 6.09. The van der Waals surface area contributed by atoms with Crippen molar-refractivity contribution in [2.24, 2.45) is 0 Å². The topological polar surface area (TPSA) is 38.2 Å². The third-order valence-electron chi connectivity index (χ3n) is 4.67. The van der Waals surface area contributed by atoms with Gasteiger partial charge in [0.05, 0.1) is 18.2 Å². The first-order chi connectivity index (χ1) is 11.8. The number of para-hydroxylation sites is 1. The van der Waals surface area contributed by atoms with Crippen molar-refractivity contribution in [1.29, 1.82) is 0 Å². The van der Waals surface area contributed by atoms with Crippen molar-refractivity contribution < 1.29 is 4.74 Å². The maximum absolute atomic E-state index is 6.09. The highest BCUT2D eigenvalue weighted by Gasteiger charge is 2.24. The van der Waals surface area contributed by atoms with Crippen LogP contribution in [-0.2, 0) is 11.3 Å². The van der Waals surface area contributed by atoms with Crippen molar-refractivity contribution in [1.82, 2.24) is 9.97 Å². The van der Waals surface area contributed by atoms with E-state index in [-0.39, 0.29) is 6.10 Å². The lowest BCUT2D eigenvalue weighted by Gasteiger charge is -2.21. The highest BCUT2D eigenvalue weighted by atomic mass is 16.5. The first-order valence-corrected chi connectivity index (χ1v) is 8.41. The van der Waals surface area contributed by atoms with Gasteiger partial charge < -0.3 is 9.64 Å². The average Bonchev–Trinajstić information content (AvgIpc) is 3.10. The first kappa shape index (κ1) is 15.1. The molecule has 24 heavy (non-hydrogen) atoms. The van der Waals surface area contributed by atoms with Gasteiger partial charge in [0.2, 0.25) is 0 Å². The molecule has 1 fully saturated rings. The minimum Gasteiger partial charge on any atom is -0.372 e. The van der Waals surface area contributed by atoms with Gasteiger partial charge in [-0.1, -0.05) is 18.2 Å². The fraction of sp³-hybridized carbons (Fsp3) is 0.300. The van der Waals surface area contributed by atoms with E-state index in [2.05, 4.69) is 46.1 Å². The summed E-state index contributed by atoms with van der Waals surface area (Å²) in [4.78, 5) is 11.0. The molecule has 0 N–H and O–H groups in total. The Morgan fingerprint density at radius 1 is 1.12 bits per heavy atom. The summed E-state index contributed by atoms with van der Waals surface area (Å²) in [7, 11) is 0. The Morgan fingerprint density at radius 2 is 2.00 bits per heavy atom. The number of aryl methyl sites for hydroxylation is 1. The number of nitrogens with zero attached hydrogens (tertiary/aromatic N) is 3. The molecule has 3 aromatic rings. The van der Waals surface area contributed by atoms with E-state index in [4.69, 9.17) is 4.74 Å². The number of anilines is 1. The number of benzene rings is 1. The molecule has 0 aliphatic carbocycles. The molecule has 3 heterocycles. The van der Waals surface area contributed by atoms with Crippen molar-refractivity contribution in [2.45, 2.75) is 26.1 Å². The van der Waals surface area contributed by atoms with Crippen LogP contribution in [-0.4, -0.2) is 29.2 Å². The van der Waals surface area contributed by atoms with Gasteiger partial charge in [0.25, 0.3) is 0 Å². The third kappa shape index (κ3) is 2.97. The molecule has 4 nitrogen and oxygen atoms in total. The fourth-order valence-corrected chi connectivity index (χ4v) is 3.36. The number of pyridine rings is 2. The summed E-state index contributed by atoms with van der Waals surface area (Å²) >= 11 is 0. The second-order valence-electron chi connectivity index (χ2n) is 6.32. The zero-order valence-corrected chi connectivity index (χ0v) is 13.9. The average molecular weight is 319 g/mol. The van der Waals surface area contributed by atoms with Crippen LogP contribution in [0.5, 0.6) is 0 Å². The van der Waals surface area contributed by atoms with Gasteiger partial charge in [-0.2, -0.15) is 0 Å². The van der Waals surface area contributed by atoms with Gasteiger partial charge in [-0.25, -0.2) is 0 Å². The highest BCUT2D eigenvalue weighted by Crippen LogP contribution is 2.30. The Bertz CT molecular complexity index is 835. The Hall–Kier alpha value is -2.46. The summed E-state index contributed by atoms with van der Waals surface area (Å²) in [6.07, 6.45) is 6.86. The van der Waals surface area contributed by atoms with Crippen LogP contribution in [0.2, 0.25) is 0 Å². The standard InChI is InChI=1S/C20H21N3O/c1-15-3-2-4-18-19(7-11-22-20(15)18)23-12-8-17(13-23)24-14-16-5-9-21-10-6-16/h2-7,9-11,17H,8,12-14H2,1H3. The van der Waals surface area contributed by atoms with Gasteiger partial charge in [-0.15, -0.1) is 0 Å². The SMILES string of the molecule is Cc1cccc2c(N3CCC(OCc4ccncc4)C3)ccnc12. The Labute approximate surface area is 142 Å². The van der Waals surface area contributed by atoms with Crippen molar-refractivity contribution in [3.05, 3.63) is 66.1 Å². The Kier molecular flexibility index (Phi) is 4.13. The molecule has 0 spiro atoms. The molecule has 1 aliphatic rings. The fourth-order valence-electron chi connectivity index (χ4n) is 3.36. The van der Waals surface area contributed by atoms with Crippen molar-refractivity contribution >= 4 is 16.6 Å². The minimum atomic E-state index is 0.270. The van der Waals surface area contributed by atoms with E-state index in [9.17, 15) is 0 Å². The van der Waals surface area contributed by atoms with E-state index < -0.39 is 0 Å². The number of rotatable bonds is 4. The summed E-state index contributed by atoms with van der Waals surface area (Å²) in [6.45, 7) is 4.72. The molecule has 0 bridgehead atoms. The van der Waals surface area contributed by atoms with Crippen molar-refractivity contribution in [3.8, 4) is 0 Å². The van der Waals surface area contributed by atoms with Crippen LogP contribution >= 0.6 is 0 Å². The third-order valence-corrected chi connectivity index (χ3v) is 4.67. The van der Waals surface area contributed by atoms with E-state index in [1.807, 2.05) is 30.7 Å². The molecule has 1 saturated heterocycles. The van der Waals surface area contributed by atoms with Crippen LogP contribution in [0.25, 0.3) is 10.9 Å². The first-order valence-electron chi connectivity index (χ1n) is 8.41. The van der Waals surface area contributed by atoms with E-state index in [0.29, 0.717) is 6.61 Å². The van der Waals surface area contributed by atoms with Crippen LogP contribution < -0.4 is 4.90 Å². The van der Waals surface area contributed by atoms with Gasteiger partial charge in [-0.05, 0) is 42.7 Å². The van der Waals surface area contributed by atoms with Gasteiger partial charge in [0.1, 0.15) is 0 Å². The second-order valence-corrected chi connectivity index (χ2v) is 6.32. The monoisotopic (exact) mass is 319 g/mol. The lowest BCUT2D eigenvalue weighted by Crippen LogP contribution is -2.23. The molecule has 0 saturated carbocycles. The van der Waals surface area contributed by atoms with Crippen LogP contribution in [0.3, 0.4) is 0 Å². The summed E-state index contributed by atoms with van der Waals surface area (Å²) in [5.74, 6) is 0. The Balaban J connectivity index is 1.48. The Morgan fingerprint density at radius 3 is 2.88 bits per heavy atom. The number of ether oxygens (including phenoxy) is 1. The second kappa shape index (κ2) is 6.57. The molecular formula is C20H21N3O. The van der Waals surface area contributed by atoms with Gasteiger partial charge in [0.15, 0.2) is 0 Å². The number of aromatic nitrogens is 2. The molecule has 0 amide bonds. The van der Waals surface area contributed by atoms with Crippen LogP contribution in [0.15, 0.2) is 55.0 Å². The summed E-state index contributed by atoms with van der Waals surface area (Å²) in [6, 6.07) is 12.5. The number of hydrogen-bond donors (Lipinski definition) is 0. The molecule has 4 rings (SSSR count). The van der Waals surface area contributed by atoms with E-state index in [0.717, 1.165) is 25.0 Å². The summed E-state index contributed by atoms with van der Waals surface area (Å²) in [5.41, 5.74) is 4.75. The zero-order chi connectivity index (χ0) is 16.4. The van der Waals surface area contributed by atoms with Gasteiger partial charge >= 0.3 is 0 Å². The maximum Gasteiger partial charge on any atom is 0.0771 e. The lowest BCUT2D eigenvalue weighted by molar-refractivity contribution is 0.0553. The largest absolute Gasteiger partial charge is 0.372 e. The number of hydrogen-bond acceptors (Lipinski definition) is 4. The molecule has 1 atom stereocenters. The smallest absolute Gasteiger partial charge is 0.0771 e. The molecule has 4 heteroatoms. The molecule has 1 unspecified atom stereocenters. The predicted molar refractivity (Wildman–Crippen MR) is 96.1 cm³/mol. The van der Waals surface area contributed by atoms with Crippen molar-refractivity contribution in [2.75, 3.05) is 18.0 Å². The predicted octanol–water partition coefficient (Wildman–Crippen LogP) is 3.73. The molecule has 2 aromatic heterocycles. The minimum absolute atomic E-state index is 0.270. The van der Waals surface area contributed by atoms with E-state index in [1.54, 1.807) is 0 Å². The summed E-state index contributed by atoms with van der Waals surface area (Å²) in [5, 5.41) is 1.23. The van der Waals surface area contributed by atoms with Crippen molar-refractivity contribution in [3.63, 3.8) is 0 Å². The molecule has 122 valence electrons. The lowest BCUT2D eigenvalue weighted by atomic mass is 10.1. The van der Waals surface area contributed by atoms with Gasteiger partial charge in [0, 0.05) is 42.8 Å². The normalized spacial score (nSPS) is 17.5. The molecular weight excluding hydrogens is 298 g/mol. The van der Waals surface area contributed by atoms with Crippen LogP contribution in [0.1, 0.15) is 17.5 Å². The quantitative estimate of drug-likeness (QED) is 0.734.